The number of halogens is 1. The number of benzene rings is 2. The molecule has 0 radical (unpaired) electrons. The number of nitrogens with one attached hydrogen (secondary N) is 2. The molecule has 0 fully saturated rings. The van der Waals surface area contributed by atoms with Crippen LogP contribution in [0.2, 0.25) is 0 Å². The molecule has 118 valence electrons. The van der Waals surface area contributed by atoms with Crippen LogP contribution in [0.15, 0.2) is 36.4 Å². The van der Waals surface area contributed by atoms with Gasteiger partial charge in [-0.1, -0.05) is 12.1 Å². The summed E-state index contributed by atoms with van der Waals surface area (Å²) < 4.78 is 18.9. The third-order valence-corrected chi connectivity index (χ3v) is 4.67. The molecule has 1 aliphatic rings. The summed E-state index contributed by atoms with van der Waals surface area (Å²) in [6.45, 7) is 2.93. The highest BCUT2D eigenvalue weighted by atomic mass is 19.1. The van der Waals surface area contributed by atoms with Gasteiger partial charge in [-0.25, -0.2) is 4.39 Å². The smallest absolute Gasteiger partial charge is 0.123 e. The Labute approximate surface area is 134 Å². The van der Waals surface area contributed by atoms with Crippen LogP contribution >= 0.6 is 0 Å². The maximum Gasteiger partial charge on any atom is 0.123 e. The summed E-state index contributed by atoms with van der Waals surface area (Å²) in [5.41, 5.74) is 5.66. The van der Waals surface area contributed by atoms with E-state index in [4.69, 9.17) is 4.74 Å². The lowest BCUT2D eigenvalue weighted by Crippen LogP contribution is -2.30. The molecule has 2 N–H and O–H groups in total. The van der Waals surface area contributed by atoms with Gasteiger partial charge >= 0.3 is 0 Å². The molecule has 3 aromatic rings. The first kappa shape index (κ1) is 14.3. The Kier molecular flexibility index (Phi) is 3.34. The first-order chi connectivity index (χ1) is 11.2. The predicted molar refractivity (Wildman–Crippen MR) is 89.5 cm³/mol. The molecule has 2 aromatic carbocycles. The standard InChI is InChI=1S/C19H19FN2O/c1-11-9-12(3-6-17(11)23-2)18-19-14(7-8-21-18)15-10-13(20)4-5-16(15)22-19/h3-6,9-10,18,21-22H,7-8H2,1-2H3. The van der Waals surface area contributed by atoms with Crippen molar-refractivity contribution in [1.29, 1.82) is 0 Å². The lowest BCUT2D eigenvalue weighted by atomic mass is 9.93. The minimum Gasteiger partial charge on any atom is -0.496 e. The summed E-state index contributed by atoms with van der Waals surface area (Å²) in [5.74, 6) is 0.707. The van der Waals surface area contributed by atoms with Gasteiger partial charge in [0.1, 0.15) is 11.6 Å². The normalized spacial score (nSPS) is 17.3. The van der Waals surface area contributed by atoms with E-state index in [2.05, 4.69) is 22.4 Å². The fraction of sp³-hybridized carbons (Fsp3) is 0.263. The van der Waals surface area contributed by atoms with Gasteiger partial charge in [-0.05, 0) is 54.3 Å². The van der Waals surface area contributed by atoms with Crippen LogP contribution < -0.4 is 10.1 Å². The summed E-state index contributed by atoms with van der Waals surface area (Å²) in [4.78, 5) is 3.48. The summed E-state index contributed by atoms with van der Waals surface area (Å²) in [6, 6.07) is 11.3. The highest BCUT2D eigenvalue weighted by molar-refractivity contribution is 5.85. The fourth-order valence-electron chi connectivity index (χ4n) is 3.57. The minimum atomic E-state index is -0.185. The molecule has 0 bridgehead atoms. The molecule has 3 nitrogen and oxygen atoms in total. The van der Waals surface area contributed by atoms with Crippen LogP contribution in [-0.2, 0) is 6.42 Å². The van der Waals surface area contributed by atoms with Gasteiger partial charge in [-0.2, -0.15) is 0 Å². The highest BCUT2D eigenvalue weighted by Crippen LogP contribution is 2.35. The lowest BCUT2D eigenvalue weighted by molar-refractivity contribution is 0.411. The van der Waals surface area contributed by atoms with Gasteiger partial charge in [0.2, 0.25) is 0 Å². The van der Waals surface area contributed by atoms with Crippen LogP contribution in [0.25, 0.3) is 10.9 Å². The molecule has 0 aliphatic carbocycles. The van der Waals surface area contributed by atoms with Gasteiger partial charge in [0.25, 0.3) is 0 Å². The molecular weight excluding hydrogens is 291 g/mol. The summed E-state index contributed by atoms with van der Waals surface area (Å²) in [5, 5.41) is 4.56. The molecule has 0 amide bonds. The van der Waals surface area contributed by atoms with Crippen LogP contribution in [0.3, 0.4) is 0 Å². The van der Waals surface area contributed by atoms with E-state index < -0.39 is 0 Å². The quantitative estimate of drug-likeness (QED) is 0.754. The van der Waals surface area contributed by atoms with E-state index in [0.29, 0.717) is 0 Å². The van der Waals surface area contributed by atoms with Gasteiger partial charge in [0.15, 0.2) is 0 Å². The van der Waals surface area contributed by atoms with E-state index in [1.54, 1.807) is 13.2 Å². The number of aromatic amines is 1. The molecule has 1 aromatic heterocycles. The molecule has 0 saturated carbocycles. The summed E-state index contributed by atoms with van der Waals surface area (Å²) in [7, 11) is 1.69. The molecule has 0 saturated heterocycles. The van der Waals surface area contributed by atoms with Crippen LogP contribution in [0, 0.1) is 12.7 Å². The van der Waals surface area contributed by atoms with E-state index in [0.717, 1.165) is 40.9 Å². The second kappa shape index (κ2) is 5.39. The van der Waals surface area contributed by atoms with Crippen LogP contribution in [0.5, 0.6) is 5.75 Å². The zero-order valence-electron chi connectivity index (χ0n) is 13.2. The number of fused-ring (bicyclic) bond motifs is 3. The van der Waals surface area contributed by atoms with Crippen LogP contribution in [-0.4, -0.2) is 18.6 Å². The van der Waals surface area contributed by atoms with Crippen molar-refractivity contribution in [1.82, 2.24) is 10.3 Å². The Morgan fingerprint density at radius 2 is 2.04 bits per heavy atom. The number of hydrogen-bond acceptors (Lipinski definition) is 2. The van der Waals surface area contributed by atoms with E-state index in [-0.39, 0.29) is 11.9 Å². The second-order valence-corrected chi connectivity index (χ2v) is 6.07. The van der Waals surface area contributed by atoms with Crippen molar-refractivity contribution in [3.05, 3.63) is 64.6 Å². The van der Waals surface area contributed by atoms with Crippen molar-refractivity contribution in [3.63, 3.8) is 0 Å². The largest absolute Gasteiger partial charge is 0.496 e. The number of hydrogen-bond donors (Lipinski definition) is 2. The van der Waals surface area contributed by atoms with Crippen molar-refractivity contribution in [2.45, 2.75) is 19.4 Å². The molecule has 2 heterocycles. The Balaban J connectivity index is 1.84. The fourth-order valence-corrected chi connectivity index (χ4v) is 3.57. The average Bonchev–Trinajstić information content (AvgIpc) is 2.92. The predicted octanol–water partition coefficient (Wildman–Crippen LogP) is 3.86. The maximum absolute atomic E-state index is 13.6. The zero-order valence-corrected chi connectivity index (χ0v) is 13.2. The number of ether oxygens (including phenoxy) is 1. The molecule has 0 spiro atoms. The number of rotatable bonds is 2. The average molecular weight is 310 g/mol. The van der Waals surface area contributed by atoms with Crippen molar-refractivity contribution < 1.29 is 9.13 Å². The van der Waals surface area contributed by atoms with E-state index in [1.165, 1.54) is 17.2 Å². The number of H-pyrrole nitrogens is 1. The molecule has 4 heteroatoms. The monoisotopic (exact) mass is 310 g/mol. The Hall–Kier alpha value is -2.33. The van der Waals surface area contributed by atoms with Crippen LogP contribution in [0.4, 0.5) is 4.39 Å². The van der Waals surface area contributed by atoms with E-state index in [9.17, 15) is 4.39 Å². The molecule has 1 unspecified atom stereocenters. The zero-order chi connectivity index (χ0) is 16.0. The van der Waals surface area contributed by atoms with Crippen molar-refractivity contribution >= 4 is 10.9 Å². The molecule has 4 rings (SSSR count). The SMILES string of the molecule is COc1ccc(C2NCCc3c2[nH]c2ccc(F)cc32)cc1C. The topological polar surface area (TPSA) is 37.0 Å². The van der Waals surface area contributed by atoms with Gasteiger partial charge in [-0.3, -0.25) is 0 Å². The second-order valence-electron chi connectivity index (χ2n) is 6.07. The van der Waals surface area contributed by atoms with E-state index in [1.807, 2.05) is 19.1 Å². The number of aryl methyl sites for hydroxylation is 1. The highest BCUT2D eigenvalue weighted by Gasteiger charge is 2.25. The minimum absolute atomic E-state index is 0.0961. The Morgan fingerprint density at radius 3 is 2.83 bits per heavy atom. The third-order valence-electron chi connectivity index (χ3n) is 4.67. The summed E-state index contributed by atoms with van der Waals surface area (Å²) in [6.07, 6.45) is 0.907. The van der Waals surface area contributed by atoms with Crippen LogP contribution in [0.1, 0.15) is 28.4 Å². The van der Waals surface area contributed by atoms with Gasteiger partial charge < -0.3 is 15.0 Å². The van der Waals surface area contributed by atoms with E-state index >= 15 is 0 Å². The number of methoxy groups -OCH3 is 1. The molecule has 1 atom stereocenters. The van der Waals surface area contributed by atoms with Crippen molar-refractivity contribution in [2.24, 2.45) is 0 Å². The Bertz CT molecular complexity index is 884. The first-order valence-electron chi connectivity index (χ1n) is 7.85. The Morgan fingerprint density at radius 1 is 1.17 bits per heavy atom. The van der Waals surface area contributed by atoms with Gasteiger partial charge in [0, 0.05) is 23.1 Å². The maximum atomic E-state index is 13.6. The molecular formula is C19H19FN2O. The van der Waals surface area contributed by atoms with Crippen molar-refractivity contribution in [3.8, 4) is 5.75 Å². The third kappa shape index (κ3) is 2.30. The van der Waals surface area contributed by atoms with Gasteiger partial charge in [0.05, 0.1) is 13.2 Å². The van der Waals surface area contributed by atoms with Gasteiger partial charge in [-0.15, -0.1) is 0 Å². The lowest BCUT2D eigenvalue weighted by Gasteiger charge is -2.25. The van der Waals surface area contributed by atoms with Crippen molar-refractivity contribution in [2.75, 3.05) is 13.7 Å². The molecule has 23 heavy (non-hydrogen) atoms. The summed E-state index contributed by atoms with van der Waals surface area (Å²) >= 11 is 0. The first-order valence-corrected chi connectivity index (χ1v) is 7.85. The molecule has 1 aliphatic heterocycles. The number of aromatic nitrogens is 1.